The Balaban J connectivity index is 1.50. The van der Waals surface area contributed by atoms with Crippen LogP contribution in [0.25, 0.3) is 0 Å². The van der Waals surface area contributed by atoms with Crippen molar-refractivity contribution in [2.24, 2.45) is 0 Å². The number of hydrogen-bond donors (Lipinski definition) is 1. The lowest BCUT2D eigenvalue weighted by atomic mass is 9.81. The molecule has 1 fully saturated rings. The van der Waals surface area contributed by atoms with Crippen molar-refractivity contribution in [3.8, 4) is 5.75 Å². The monoisotopic (exact) mass is 342 g/mol. The van der Waals surface area contributed by atoms with Crippen LogP contribution in [0, 0.1) is 0 Å². The van der Waals surface area contributed by atoms with Gasteiger partial charge in [-0.2, -0.15) is 4.98 Å². The van der Waals surface area contributed by atoms with Crippen LogP contribution in [0.4, 0.5) is 0 Å². The fourth-order valence-corrected chi connectivity index (χ4v) is 4.02. The minimum Gasteiger partial charge on any atom is -0.497 e. The van der Waals surface area contributed by atoms with Crippen molar-refractivity contribution in [2.75, 3.05) is 33.8 Å². The van der Waals surface area contributed by atoms with Crippen LogP contribution < -0.4 is 10.1 Å². The summed E-state index contributed by atoms with van der Waals surface area (Å²) in [4.78, 5) is 6.99. The number of piperazine rings is 1. The van der Waals surface area contributed by atoms with E-state index in [1.807, 2.05) is 0 Å². The maximum absolute atomic E-state index is 5.59. The number of ether oxygens (including phenoxy) is 1. The molecule has 25 heavy (non-hydrogen) atoms. The second kappa shape index (κ2) is 7.14. The summed E-state index contributed by atoms with van der Waals surface area (Å²) in [6.07, 6.45) is 4.30. The van der Waals surface area contributed by atoms with Crippen molar-refractivity contribution < 1.29 is 9.26 Å². The molecule has 6 heteroatoms. The molecule has 1 N–H and O–H groups in total. The molecule has 1 aromatic heterocycles. The molecule has 4 rings (SSSR count). The molecule has 0 amide bonds. The zero-order valence-electron chi connectivity index (χ0n) is 15.0. The summed E-state index contributed by atoms with van der Waals surface area (Å²) < 4.78 is 11.0. The average molecular weight is 342 g/mol. The second-order valence-electron chi connectivity index (χ2n) is 7.10. The van der Waals surface area contributed by atoms with Crippen LogP contribution in [-0.4, -0.2) is 48.8 Å². The highest BCUT2D eigenvalue weighted by Crippen LogP contribution is 2.35. The lowest BCUT2D eigenvalue weighted by Gasteiger charge is -2.30. The van der Waals surface area contributed by atoms with Crippen molar-refractivity contribution in [3.05, 3.63) is 41.0 Å². The minimum atomic E-state index is 0.203. The van der Waals surface area contributed by atoms with E-state index in [4.69, 9.17) is 14.2 Å². The first-order chi connectivity index (χ1) is 12.2. The van der Waals surface area contributed by atoms with Crippen LogP contribution in [0.1, 0.15) is 47.6 Å². The van der Waals surface area contributed by atoms with E-state index in [-0.39, 0.29) is 6.04 Å². The molecule has 0 bridgehead atoms. The van der Waals surface area contributed by atoms with E-state index in [1.54, 1.807) is 7.11 Å². The summed E-state index contributed by atoms with van der Waals surface area (Å²) in [7, 11) is 3.84. The maximum atomic E-state index is 5.59. The molecular formula is C19H26N4O2. The molecule has 134 valence electrons. The van der Waals surface area contributed by atoms with E-state index in [2.05, 4.69) is 40.6 Å². The van der Waals surface area contributed by atoms with Crippen molar-refractivity contribution in [2.45, 2.75) is 37.6 Å². The van der Waals surface area contributed by atoms with Gasteiger partial charge in [0.1, 0.15) is 5.75 Å². The summed E-state index contributed by atoms with van der Waals surface area (Å²) in [5, 5.41) is 7.65. The predicted molar refractivity (Wildman–Crippen MR) is 94.9 cm³/mol. The van der Waals surface area contributed by atoms with Crippen LogP contribution in [0.2, 0.25) is 0 Å². The standard InChI is InChI=1S/C19H26N4O2/c1-23-9-8-20-12-17(23)19-21-18(25-22-19)11-14-5-3-4-13-10-15(24-2)6-7-16(13)14/h6-7,10,14,17,20H,3-5,8-9,11-12H2,1-2H3. The highest BCUT2D eigenvalue weighted by atomic mass is 16.5. The van der Waals surface area contributed by atoms with Gasteiger partial charge in [0.15, 0.2) is 5.82 Å². The van der Waals surface area contributed by atoms with Crippen LogP contribution in [0.15, 0.2) is 22.7 Å². The SMILES string of the molecule is COc1ccc2c(c1)CCCC2Cc1nc(C2CNCCN2C)no1. The van der Waals surface area contributed by atoms with E-state index in [0.717, 1.165) is 49.9 Å². The largest absolute Gasteiger partial charge is 0.497 e. The average Bonchev–Trinajstić information content (AvgIpc) is 3.10. The smallest absolute Gasteiger partial charge is 0.227 e. The van der Waals surface area contributed by atoms with Crippen molar-refractivity contribution in [3.63, 3.8) is 0 Å². The Hall–Kier alpha value is -1.92. The van der Waals surface area contributed by atoms with Gasteiger partial charge < -0.3 is 14.6 Å². The van der Waals surface area contributed by atoms with E-state index >= 15 is 0 Å². The summed E-state index contributed by atoms with van der Waals surface area (Å²) in [6.45, 7) is 2.90. The third-order valence-electron chi connectivity index (χ3n) is 5.50. The van der Waals surface area contributed by atoms with Gasteiger partial charge in [-0.05, 0) is 55.5 Å². The number of benzene rings is 1. The molecule has 0 radical (unpaired) electrons. The van der Waals surface area contributed by atoms with E-state index < -0.39 is 0 Å². The Morgan fingerprint density at radius 1 is 1.40 bits per heavy atom. The molecule has 1 aromatic carbocycles. The predicted octanol–water partition coefficient (Wildman–Crippen LogP) is 2.32. The van der Waals surface area contributed by atoms with Crippen molar-refractivity contribution in [1.82, 2.24) is 20.4 Å². The van der Waals surface area contributed by atoms with Gasteiger partial charge in [0.2, 0.25) is 5.89 Å². The van der Waals surface area contributed by atoms with Crippen LogP contribution in [-0.2, 0) is 12.8 Å². The Labute approximate surface area is 148 Å². The number of aryl methyl sites for hydroxylation is 1. The van der Waals surface area contributed by atoms with Crippen LogP contribution in [0.5, 0.6) is 5.75 Å². The molecule has 6 nitrogen and oxygen atoms in total. The second-order valence-corrected chi connectivity index (χ2v) is 7.10. The van der Waals surface area contributed by atoms with Crippen LogP contribution >= 0.6 is 0 Å². The third kappa shape index (κ3) is 3.41. The van der Waals surface area contributed by atoms with Gasteiger partial charge in [-0.25, -0.2) is 0 Å². The molecular weight excluding hydrogens is 316 g/mol. The quantitative estimate of drug-likeness (QED) is 0.920. The zero-order chi connectivity index (χ0) is 17.2. The Bertz CT molecular complexity index is 730. The molecule has 1 aliphatic carbocycles. The third-order valence-corrected chi connectivity index (χ3v) is 5.50. The summed E-state index contributed by atoms with van der Waals surface area (Å²) in [5.74, 6) is 2.94. The van der Waals surface area contributed by atoms with E-state index in [9.17, 15) is 0 Å². The molecule has 1 aliphatic heterocycles. The van der Waals surface area contributed by atoms with E-state index in [1.165, 1.54) is 24.0 Å². The molecule has 2 heterocycles. The first kappa shape index (κ1) is 16.5. The number of nitrogens with zero attached hydrogens (tertiary/aromatic N) is 3. The zero-order valence-corrected chi connectivity index (χ0v) is 15.0. The van der Waals surface area contributed by atoms with Crippen LogP contribution in [0.3, 0.4) is 0 Å². The number of hydrogen-bond acceptors (Lipinski definition) is 6. The molecule has 0 spiro atoms. The van der Waals surface area contributed by atoms with Gasteiger partial charge >= 0.3 is 0 Å². The van der Waals surface area contributed by atoms with Gasteiger partial charge in [0.25, 0.3) is 0 Å². The van der Waals surface area contributed by atoms with Gasteiger partial charge in [-0.3, -0.25) is 4.90 Å². The fourth-order valence-electron chi connectivity index (χ4n) is 4.02. The number of nitrogens with one attached hydrogen (secondary N) is 1. The first-order valence-corrected chi connectivity index (χ1v) is 9.15. The summed E-state index contributed by atoms with van der Waals surface area (Å²) >= 11 is 0. The molecule has 1 saturated heterocycles. The number of fused-ring (bicyclic) bond motifs is 1. The highest BCUT2D eigenvalue weighted by molar-refractivity contribution is 5.39. The van der Waals surface area contributed by atoms with Gasteiger partial charge in [0, 0.05) is 26.1 Å². The number of aromatic nitrogens is 2. The Kier molecular flexibility index (Phi) is 4.72. The molecule has 2 aromatic rings. The van der Waals surface area contributed by atoms with Gasteiger partial charge in [-0.1, -0.05) is 11.2 Å². The van der Waals surface area contributed by atoms with Gasteiger partial charge in [-0.15, -0.1) is 0 Å². The topological polar surface area (TPSA) is 63.4 Å². The lowest BCUT2D eigenvalue weighted by molar-refractivity contribution is 0.190. The number of rotatable bonds is 4. The van der Waals surface area contributed by atoms with Crippen molar-refractivity contribution in [1.29, 1.82) is 0 Å². The normalized spacial score (nSPS) is 24.1. The number of methoxy groups -OCH3 is 1. The summed E-state index contributed by atoms with van der Waals surface area (Å²) in [6, 6.07) is 6.63. The van der Waals surface area contributed by atoms with Crippen molar-refractivity contribution >= 4 is 0 Å². The maximum Gasteiger partial charge on any atom is 0.227 e. The molecule has 0 saturated carbocycles. The fraction of sp³-hybridized carbons (Fsp3) is 0.579. The van der Waals surface area contributed by atoms with E-state index in [0.29, 0.717) is 5.92 Å². The number of likely N-dealkylation sites (N-methyl/N-ethyl adjacent to an activating group) is 1. The minimum absolute atomic E-state index is 0.203. The highest BCUT2D eigenvalue weighted by Gasteiger charge is 2.27. The Morgan fingerprint density at radius 2 is 2.32 bits per heavy atom. The summed E-state index contributed by atoms with van der Waals surface area (Å²) in [5.41, 5.74) is 2.80. The lowest BCUT2D eigenvalue weighted by Crippen LogP contribution is -2.44. The molecule has 2 aliphatic rings. The first-order valence-electron chi connectivity index (χ1n) is 9.15. The molecule has 2 unspecified atom stereocenters. The molecule has 2 atom stereocenters. The van der Waals surface area contributed by atoms with Gasteiger partial charge in [0.05, 0.1) is 13.2 Å². The Morgan fingerprint density at radius 3 is 3.16 bits per heavy atom.